The van der Waals surface area contributed by atoms with E-state index in [0.29, 0.717) is 17.7 Å². The van der Waals surface area contributed by atoms with E-state index in [4.69, 9.17) is 10.1 Å². The Morgan fingerprint density at radius 1 is 1.50 bits per heavy atom. The summed E-state index contributed by atoms with van der Waals surface area (Å²) in [4.78, 5) is 14.0. The molecule has 0 aromatic heterocycles. The summed E-state index contributed by atoms with van der Waals surface area (Å²) in [6, 6.07) is 6.94. The van der Waals surface area contributed by atoms with E-state index >= 15 is 0 Å². The molecule has 0 atom stereocenters. The van der Waals surface area contributed by atoms with Gasteiger partial charge in [-0.2, -0.15) is 0 Å². The molecule has 0 radical (unpaired) electrons. The van der Waals surface area contributed by atoms with Crippen molar-refractivity contribution in [2.24, 2.45) is 0 Å². The number of carbonyl (C=O) groups excluding carboxylic acids is 1. The van der Waals surface area contributed by atoms with E-state index in [1.807, 2.05) is 0 Å². The molecule has 4 nitrogen and oxygen atoms in total. The van der Waals surface area contributed by atoms with E-state index in [2.05, 4.69) is 4.98 Å². The van der Waals surface area contributed by atoms with Gasteiger partial charge in [-0.25, -0.2) is 0 Å². The van der Waals surface area contributed by atoms with Gasteiger partial charge in [0.1, 0.15) is 6.61 Å². The highest BCUT2D eigenvalue weighted by molar-refractivity contribution is 5.69. The molecule has 0 aliphatic rings. The Kier molecular flexibility index (Phi) is 3.62. The molecule has 0 saturated heterocycles. The molecule has 0 N–H and O–H groups in total. The molecule has 0 fully saturated rings. The van der Waals surface area contributed by atoms with Crippen molar-refractivity contribution in [1.29, 1.82) is 5.39 Å². The molecule has 0 spiro atoms. The highest BCUT2D eigenvalue weighted by atomic mass is 16.5. The standard InChI is InChI=1S/C10H11N2O2/c1-2-10(13)14-7-8-5-3-4-6-9(8)12-11/h3-6H,2,7H2,1H3/q+1. The van der Waals surface area contributed by atoms with Crippen LogP contribution in [0.1, 0.15) is 18.9 Å². The van der Waals surface area contributed by atoms with Gasteiger partial charge in [-0.05, 0) is 6.07 Å². The lowest BCUT2D eigenvalue weighted by atomic mass is 10.2. The number of nitrogens with zero attached hydrogens (tertiary/aromatic N) is 2. The van der Waals surface area contributed by atoms with Gasteiger partial charge in [0, 0.05) is 12.5 Å². The van der Waals surface area contributed by atoms with E-state index in [0.717, 1.165) is 0 Å². The second-order valence-corrected chi connectivity index (χ2v) is 2.74. The molecule has 1 rings (SSSR count). The van der Waals surface area contributed by atoms with Gasteiger partial charge in [0.25, 0.3) is 0 Å². The normalized spacial score (nSPS) is 9.14. The first kappa shape index (κ1) is 10.2. The molecular weight excluding hydrogens is 180 g/mol. The molecular formula is C10H11N2O2+. The maximum Gasteiger partial charge on any atom is 0.391 e. The zero-order chi connectivity index (χ0) is 10.4. The fourth-order valence-corrected chi connectivity index (χ4v) is 0.991. The third-order valence-electron chi connectivity index (χ3n) is 1.78. The van der Waals surface area contributed by atoms with Crippen LogP contribution in [0.4, 0.5) is 5.69 Å². The van der Waals surface area contributed by atoms with Crippen LogP contribution in [-0.2, 0) is 16.1 Å². The predicted molar refractivity (Wildman–Crippen MR) is 51.3 cm³/mol. The molecule has 0 bridgehead atoms. The predicted octanol–water partition coefficient (Wildman–Crippen LogP) is 2.62. The van der Waals surface area contributed by atoms with Gasteiger partial charge in [-0.1, -0.05) is 19.1 Å². The van der Waals surface area contributed by atoms with Crippen molar-refractivity contribution in [3.05, 3.63) is 34.8 Å². The summed E-state index contributed by atoms with van der Waals surface area (Å²) in [5, 5.41) is 8.63. The van der Waals surface area contributed by atoms with Crippen LogP contribution in [0.3, 0.4) is 0 Å². The van der Waals surface area contributed by atoms with Gasteiger partial charge in [0.05, 0.1) is 5.56 Å². The van der Waals surface area contributed by atoms with Crippen molar-refractivity contribution in [3.63, 3.8) is 0 Å². The third kappa shape index (κ3) is 2.56. The third-order valence-corrected chi connectivity index (χ3v) is 1.78. The highest BCUT2D eigenvalue weighted by Crippen LogP contribution is 2.19. The quantitative estimate of drug-likeness (QED) is 0.545. The van der Waals surface area contributed by atoms with Gasteiger partial charge in [-0.15, -0.1) is 0 Å². The second-order valence-electron chi connectivity index (χ2n) is 2.74. The van der Waals surface area contributed by atoms with Crippen LogP contribution in [0.2, 0.25) is 0 Å². The topological polar surface area (TPSA) is 54.5 Å². The fraction of sp³-hybridized carbons (Fsp3) is 0.300. The molecule has 0 aliphatic carbocycles. The van der Waals surface area contributed by atoms with Crippen molar-refractivity contribution < 1.29 is 9.53 Å². The zero-order valence-electron chi connectivity index (χ0n) is 7.93. The van der Waals surface area contributed by atoms with Gasteiger partial charge in [-0.3, -0.25) is 4.79 Å². The lowest BCUT2D eigenvalue weighted by Gasteiger charge is -2.00. The molecule has 0 heterocycles. The van der Waals surface area contributed by atoms with Crippen molar-refractivity contribution >= 4 is 11.7 Å². The summed E-state index contributed by atoms with van der Waals surface area (Å²) >= 11 is 0. The van der Waals surface area contributed by atoms with Crippen molar-refractivity contribution in [1.82, 2.24) is 0 Å². The van der Waals surface area contributed by atoms with Crippen molar-refractivity contribution in [2.45, 2.75) is 20.0 Å². The molecule has 1 aromatic carbocycles. The Balaban J connectivity index is 2.68. The monoisotopic (exact) mass is 191 g/mol. The van der Waals surface area contributed by atoms with Gasteiger partial charge < -0.3 is 4.74 Å². The van der Waals surface area contributed by atoms with Crippen molar-refractivity contribution in [2.75, 3.05) is 0 Å². The van der Waals surface area contributed by atoms with Crippen LogP contribution >= 0.6 is 0 Å². The van der Waals surface area contributed by atoms with Gasteiger partial charge in [0.2, 0.25) is 5.39 Å². The number of carbonyl (C=O) groups is 1. The van der Waals surface area contributed by atoms with E-state index in [1.54, 1.807) is 31.2 Å². The van der Waals surface area contributed by atoms with E-state index in [-0.39, 0.29) is 12.6 Å². The smallest absolute Gasteiger partial charge is 0.391 e. The summed E-state index contributed by atoms with van der Waals surface area (Å²) in [7, 11) is 0. The Morgan fingerprint density at radius 3 is 2.86 bits per heavy atom. The summed E-state index contributed by atoms with van der Waals surface area (Å²) in [5.74, 6) is -0.266. The molecule has 0 aliphatic heterocycles. The first-order chi connectivity index (χ1) is 6.77. The van der Waals surface area contributed by atoms with Crippen LogP contribution in [-0.4, -0.2) is 5.97 Å². The molecule has 4 heteroatoms. The zero-order valence-corrected chi connectivity index (χ0v) is 7.93. The maximum atomic E-state index is 10.9. The van der Waals surface area contributed by atoms with Crippen molar-refractivity contribution in [3.8, 4) is 0 Å². The highest BCUT2D eigenvalue weighted by Gasteiger charge is 2.12. The SMILES string of the molecule is CCC(=O)OCc1ccccc1[N+]#N. The lowest BCUT2D eigenvalue weighted by molar-refractivity contribution is -0.144. The molecule has 0 amide bonds. The number of benzene rings is 1. The molecule has 0 saturated carbocycles. The Labute approximate surface area is 82.1 Å². The Morgan fingerprint density at radius 2 is 2.21 bits per heavy atom. The summed E-state index contributed by atoms with van der Waals surface area (Å²) in [6.45, 7) is 1.87. The number of diazo groups is 1. The minimum absolute atomic E-state index is 0.146. The number of esters is 1. The largest absolute Gasteiger partial charge is 0.460 e. The summed E-state index contributed by atoms with van der Waals surface area (Å²) < 4.78 is 4.91. The molecule has 0 unspecified atom stereocenters. The second kappa shape index (κ2) is 4.97. The number of rotatable bonds is 3. The first-order valence-corrected chi connectivity index (χ1v) is 4.36. The van der Waals surface area contributed by atoms with Crippen LogP contribution in [0.5, 0.6) is 0 Å². The average molecular weight is 191 g/mol. The van der Waals surface area contributed by atoms with Gasteiger partial charge >= 0.3 is 11.7 Å². The van der Waals surface area contributed by atoms with Crippen LogP contribution in [0.15, 0.2) is 24.3 Å². The average Bonchev–Trinajstić information content (AvgIpc) is 2.26. The van der Waals surface area contributed by atoms with Crippen LogP contribution in [0.25, 0.3) is 4.98 Å². The van der Waals surface area contributed by atoms with Crippen LogP contribution < -0.4 is 0 Å². The minimum Gasteiger partial charge on any atom is -0.460 e. The molecule has 72 valence electrons. The molecule has 14 heavy (non-hydrogen) atoms. The van der Waals surface area contributed by atoms with E-state index in [1.165, 1.54) is 0 Å². The van der Waals surface area contributed by atoms with E-state index < -0.39 is 0 Å². The first-order valence-electron chi connectivity index (χ1n) is 4.36. The minimum atomic E-state index is -0.266. The fourth-order valence-electron chi connectivity index (χ4n) is 0.991. The number of hydrogen-bond donors (Lipinski definition) is 0. The maximum absolute atomic E-state index is 10.9. The van der Waals surface area contributed by atoms with Gasteiger partial charge in [0.15, 0.2) is 4.98 Å². The number of hydrogen-bond acceptors (Lipinski definition) is 3. The number of ether oxygens (including phenoxy) is 1. The Bertz CT molecular complexity index is 369. The van der Waals surface area contributed by atoms with E-state index in [9.17, 15) is 4.79 Å². The Hall–Kier alpha value is -1.89. The molecule has 1 aromatic rings. The van der Waals surface area contributed by atoms with Crippen LogP contribution in [0, 0.1) is 5.39 Å². The summed E-state index contributed by atoms with van der Waals surface area (Å²) in [5.41, 5.74) is 1.12. The summed E-state index contributed by atoms with van der Waals surface area (Å²) in [6.07, 6.45) is 0.346. The lowest BCUT2D eigenvalue weighted by Crippen LogP contribution is -2.02.